The predicted octanol–water partition coefficient (Wildman–Crippen LogP) is 0.110. The van der Waals surface area contributed by atoms with Crippen molar-refractivity contribution in [3.8, 4) is 0 Å². The first kappa shape index (κ1) is 14.5. The van der Waals surface area contributed by atoms with Crippen molar-refractivity contribution in [3.05, 3.63) is 22.4 Å². The molecule has 0 aliphatic carbocycles. The first-order valence-electron chi connectivity index (χ1n) is 6.53. The topological polar surface area (TPSA) is 61.6 Å². The summed E-state index contributed by atoms with van der Waals surface area (Å²) < 4.78 is 0. The highest BCUT2D eigenvalue weighted by Gasteiger charge is 2.24. The number of carbonyl (C=O) groups excluding carboxylic acids is 1. The maximum absolute atomic E-state index is 12.0. The number of nitrogens with two attached hydrogens (primary N) is 1. The van der Waals surface area contributed by atoms with E-state index in [0.717, 1.165) is 24.5 Å². The lowest BCUT2D eigenvalue weighted by Gasteiger charge is -2.37. The van der Waals surface area contributed by atoms with Gasteiger partial charge in [0, 0.05) is 37.1 Å². The minimum Gasteiger partial charge on any atom is -0.353 e. The van der Waals surface area contributed by atoms with Crippen LogP contribution >= 0.6 is 11.3 Å². The summed E-state index contributed by atoms with van der Waals surface area (Å²) in [6.45, 7) is 3.74. The van der Waals surface area contributed by atoms with Crippen molar-refractivity contribution in [2.24, 2.45) is 5.73 Å². The standard InChI is InChI=1S/C13H22N4OS/c1-16-5-6-17(2)10(9-16)8-15-13(18)12(14)11-4-3-7-19-11/h3-4,7,10,12H,5-6,8-9,14H2,1-2H3,(H,15,18). The molecule has 6 heteroatoms. The van der Waals surface area contributed by atoms with E-state index < -0.39 is 6.04 Å². The van der Waals surface area contributed by atoms with Crippen molar-refractivity contribution in [3.63, 3.8) is 0 Å². The van der Waals surface area contributed by atoms with Crippen LogP contribution < -0.4 is 11.1 Å². The van der Waals surface area contributed by atoms with Crippen molar-refractivity contribution in [1.82, 2.24) is 15.1 Å². The Balaban J connectivity index is 1.83. The van der Waals surface area contributed by atoms with Crippen molar-refractivity contribution >= 4 is 17.2 Å². The molecule has 2 atom stereocenters. The van der Waals surface area contributed by atoms with Crippen molar-refractivity contribution < 1.29 is 4.79 Å². The summed E-state index contributed by atoms with van der Waals surface area (Å²) in [5.74, 6) is -0.0934. The zero-order valence-electron chi connectivity index (χ0n) is 11.5. The number of nitrogens with one attached hydrogen (secondary N) is 1. The fraction of sp³-hybridized carbons (Fsp3) is 0.615. The van der Waals surface area contributed by atoms with Crippen LogP contribution in [0, 0.1) is 0 Å². The molecule has 3 N–H and O–H groups in total. The first-order chi connectivity index (χ1) is 9.08. The predicted molar refractivity (Wildman–Crippen MR) is 78.2 cm³/mol. The summed E-state index contributed by atoms with van der Waals surface area (Å²) in [6, 6.07) is 3.62. The summed E-state index contributed by atoms with van der Waals surface area (Å²) in [4.78, 5) is 17.5. The van der Waals surface area contributed by atoms with Gasteiger partial charge in [-0.2, -0.15) is 0 Å². The van der Waals surface area contributed by atoms with Crippen LogP contribution in [0.3, 0.4) is 0 Å². The minimum atomic E-state index is -0.549. The summed E-state index contributed by atoms with van der Waals surface area (Å²) in [6.07, 6.45) is 0. The van der Waals surface area contributed by atoms with E-state index in [1.54, 1.807) is 0 Å². The number of likely N-dealkylation sites (N-methyl/N-ethyl adjacent to an activating group) is 2. The normalized spacial score (nSPS) is 23.2. The van der Waals surface area contributed by atoms with E-state index in [1.807, 2.05) is 17.5 Å². The molecular weight excluding hydrogens is 260 g/mol. The molecule has 0 radical (unpaired) electrons. The number of piperazine rings is 1. The Kier molecular flexibility index (Phi) is 4.93. The first-order valence-corrected chi connectivity index (χ1v) is 7.41. The van der Waals surface area contributed by atoms with Crippen LogP contribution in [-0.4, -0.2) is 62.0 Å². The number of amides is 1. The molecule has 5 nitrogen and oxygen atoms in total. The van der Waals surface area contributed by atoms with Gasteiger partial charge in [0.05, 0.1) is 0 Å². The van der Waals surface area contributed by atoms with Gasteiger partial charge in [-0.1, -0.05) is 6.07 Å². The molecule has 1 aromatic heterocycles. The third kappa shape index (κ3) is 3.76. The third-order valence-corrected chi connectivity index (χ3v) is 4.58. The molecule has 1 aromatic rings. The molecule has 1 fully saturated rings. The lowest BCUT2D eigenvalue weighted by Crippen LogP contribution is -2.54. The van der Waals surface area contributed by atoms with Crippen LogP contribution in [0.15, 0.2) is 17.5 Å². The van der Waals surface area contributed by atoms with Crippen LogP contribution in [0.4, 0.5) is 0 Å². The second kappa shape index (κ2) is 6.47. The quantitative estimate of drug-likeness (QED) is 0.823. The SMILES string of the molecule is CN1CCN(C)C(CNC(=O)C(N)c2cccs2)C1. The van der Waals surface area contributed by atoms with Crippen molar-refractivity contribution in [2.75, 3.05) is 40.3 Å². The number of hydrogen-bond acceptors (Lipinski definition) is 5. The van der Waals surface area contributed by atoms with Gasteiger partial charge < -0.3 is 16.0 Å². The maximum Gasteiger partial charge on any atom is 0.242 e. The molecule has 1 aliphatic rings. The highest BCUT2D eigenvalue weighted by Crippen LogP contribution is 2.16. The van der Waals surface area contributed by atoms with Gasteiger partial charge in [-0.15, -0.1) is 11.3 Å². The average molecular weight is 282 g/mol. The molecule has 2 heterocycles. The number of thiophene rings is 1. The molecule has 0 saturated carbocycles. The van der Waals surface area contributed by atoms with Crippen LogP contribution in [0.5, 0.6) is 0 Å². The number of nitrogens with zero attached hydrogens (tertiary/aromatic N) is 2. The zero-order chi connectivity index (χ0) is 13.8. The van der Waals surface area contributed by atoms with Crippen LogP contribution in [0.2, 0.25) is 0 Å². The Morgan fingerprint density at radius 1 is 1.58 bits per heavy atom. The lowest BCUT2D eigenvalue weighted by molar-refractivity contribution is -0.122. The summed E-state index contributed by atoms with van der Waals surface area (Å²) in [5, 5.41) is 4.90. The smallest absolute Gasteiger partial charge is 0.242 e. The minimum absolute atomic E-state index is 0.0934. The van der Waals surface area contributed by atoms with E-state index in [1.165, 1.54) is 11.3 Å². The molecule has 0 spiro atoms. The third-order valence-electron chi connectivity index (χ3n) is 3.62. The molecule has 1 aliphatic heterocycles. The van der Waals surface area contributed by atoms with E-state index in [4.69, 9.17) is 5.73 Å². The fourth-order valence-electron chi connectivity index (χ4n) is 2.25. The molecular formula is C13H22N4OS. The number of hydrogen-bond donors (Lipinski definition) is 2. The highest BCUT2D eigenvalue weighted by atomic mass is 32.1. The number of rotatable bonds is 4. The molecule has 0 aromatic carbocycles. The zero-order valence-corrected chi connectivity index (χ0v) is 12.3. The molecule has 1 saturated heterocycles. The van der Waals surface area contributed by atoms with E-state index in [0.29, 0.717) is 12.6 Å². The Morgan fingerprint density at radius 2 is 2.37 bits per heavy atom. The molecule has 106 valence electrons. The van der Waals surface area contributed by atoms with Gasteiger partial charge in [0.2, 0.25) is 5.91 Å². The summed E-state index contributed by atoms with van der Waals surface area (Å²) in [7, 11) is 4.21. The summed E-state index contributed by atoms with van der Waals surface area (Å²) in [5.41, 5.74) is 5.93. The Bertz CT molecular complexity index is 409. The van der Waals surface area contributed by atoms with Gasteiger partial charge in [0.25, 0.3) is 0 Å². The molecule has 19 heavy (non-hydrogen) atoms. The molecule has 0 bridgehead atoms. The second-order valence-electron chi connectivity index (χ2n) is 5.13. The largest absolute Gasteiger partial charge is 0.353 e. The van der Waals surface area contributed by atoms with Crippen molar-refractivity contribution in [2.45, 2.75) is 12.1 Å². The Morgan fingerprint density at radius 3 is 3.05 bits per heavy atom. The molecule has 2 rings (SSSR count). The van der Waals surface area contributed by atoms with Gasteiger partial charge in [-0.25, -0.2) is 0 Å². The molecule has 1 amide bonds. The monoisotopic (exact) mass is 282 g/mol. The van der Waals surface area contributed by atoms with E-state index in [9.17, 15) is 4.79 Å². The highest BCUT2D eigenvalue weighted by molar-refractivity contribution is 7.10. The van der Waals surface area contributed by atoms with E-state index >= 15 is 0 Å². The number of carbonyl (C=O) groups is 1. The lowest BCUT2D eigenvalue weighted by atomic mass is 10.1. The molecule has 2 unspecified atom stereocenters. The summed E-state index contributed by atoms with van der Waals surface area (Å²) >= 11 is 1.52. The van der Waals surface area contributed by atoms with Crippen molar-refractivity contribution in [1.29, 1.82) is 0 Å². The Hall–Kier alpha value is -0.950. The van der Waals surface area contributed by atoms with E-state index in [-0.39, 0.29) is 5.91 Å². The van der Waals surface area contributed by atoms with Gasteiger partial charge in [-0.05, 0) is 25.5 Å². The van der Waals surface area contributed by atoms with Gasteiger partial charge in [0.15, 0.2) is 0 Å². The fourth-order valence-corrected chi connectivity index (χ4v) is 2.97. The van der Waals surface area contributed by atoms with E-state index in [2.05, 4.69) is 29.2 Å². The average Bonchev–Trinajstić information content (AvgIpc) is 2.92. The van der Waals surface area contributed by atoms with Crippen LogP contribution in [-0.2, 0) is 4.79 Å². The second-order valence-corrected chi connectivity index (χ2v) is 6.11. The van der Waals surface area contributed by atoms with Gasteiger partial charge in [0.1, 0.15) is 6.04 Å². The van der Waals surface area contributed by atoms with Gasteiger partial charge in [-0.3, -0.25) is 9.69 Å². The van der Waals surface area contributed by atoms with Gasteiger partial charge >= 0.3 is 0 Å². The maximum atomic E-state index is 12.0. The van der Waals surface area contributed by atoms with Crippen LogP contribution in [0.1, 0.15) is 10.9 Å². The van der Waals surface area contributed by atoms with Crippen LogP contribution in [0.25, 0.3) is 0 Å². The Labute approximate surface area is 118 Å².